The molecule has 0 amide bonds. The molecule has 0 radical (unpaired) electrons. The summed E-state index contributed by atoms with van der Waals surface area (Å²) >= 11 is 5.65. The zero-order valence-electron chi connectivity index (χ0n) is 64.3. The third-order valence-corrected chi connectivity index (χ3v) is 28.5. The first-order valence-electron chi connectivity index (χ1n) is 40.8. The molecule has 11 heteroatoms. The minimum Gasteiger partial charge on any atom is -0.311 e. The predicted molar refractivity (Wildman–Crippen MR) is 513 cm³/mol. The molecule has 4 aliphatic heterocycles. The maximum Gasteiger partial charge on any atom is 0.252 e. The molecular weight excluding hydrogens is 1500 g/mol. The Labute approximate surface area is 701 Å². The number of thiophene rings is 3. The summed E-state index contributed by atoms with van der Waals surface area (Å²) in [5.41, 5.74) is 31.7. The Morgan fingerprint density at radius 3 is 1.04 bits per heavy atom. The Hall–Kier alpha value is -14.5. The van der Waals surface area contributed by atoms with Gasteiger partial charge in [-0.1, -0.05) is 285 Å². The van der Waals surface area contributed by atoms with Gasteiger partial charge in [0.25, 0.3) is 13.4 Å². The lowest BCUT2D eigenvalue weighted by atomic mass is 9.30. The van der Waals surface area contributed by atoms with Gasteiger partial charge in [0.2, 0.25) is 0 Å². The Morgan fingerprint density at radius 1 is 0.210 bits per heavy atom. The molecule has 0 spiro atoms. The van der Waals surface area contributed by atoms with Crippen molar-refractivity contribution in [2.75, 3.05) is 29.4 Å². The SMILES string of the molecule is c1ccc(-c2cccc(-c3ccccc3)c2N(c2ccccc2)c2cc3c4c(c2)N(c2cccc5c2sc2ccccc25)c2cc5c(cc2B4c2ccccc2N3c2cccc3c2sc2ccccc23)B2c3ccccc3N(c3ccccc3)c3cc(N(c4ccccc4)c4cccc6c4sc4ccccc46)cc(c32)N5c2ccccc2)cc1. The zero-order valence-corrected chi connectivity index (χ0v) is 66.8. The fraction of sp³-hybridized carbons (Fsp3) is 0. The molecule has 0 unspecified atom stereocenters. The van der Waals surface area contributed by atoms with E-state index >= 15 is 0 Å². The van der Waals surface area contributed by atoms with Gasteiger partial charge in [0.05, 0.1) is 48.2 Å². The van der Waals surface area contributed by atoms with E-state index < -0.39 is 0 Å². The van der Waals surface area contributed by atoms with Crippen LogP contribution in [0.1, 0.15) is 0 Å². The Morgan fingerprint density at radius 2 is 0.546 bits per heavy atom. The molecule has 0 N–H and O–H groups in total. The van der Waals surface area contributed by atoms with Crippen molar-refractivity contribution < 1.29 is 0 Å². The average molecular weight is 1570 g/mol. The quantitative estimate of drug-likeness (QED) is 0.113. The topological polar surface area (TPSA) is 19.4 Å². The fourth-order valence-electron chi connectivity index (χ4n) is 20.0. The number of para-hydroxylation sites is 7. The van der Waals surface area contributed by atoms with Crippen LogP contribution >= 0.6 is 34.0 Å². The van der Waals surface area contributed by atoms with Crippen LogP contribution in [0.3, 0.4) is 0 Å². The molecule has 0 atom stereocenters. The second kappa shape index (κ2) is 27.1. The summed E-state index contributed by atoms with van der Waals surface area (Å²) in [4.78, 5) is 15.7. The fourth-order valence-corrected chi connectivity index (χ4v) is 23.7. The van der Waals surface area contributed by atoms with E-state index in [1.165, 1.54) is 93.3 Å². The van der Waals surface area contributed by atoms with E-state index in [1.807, 2.05) is 34.0 Å². The van der Waals surface area contributed by atoms with Gasteiger partial charge in [-0.15, -0.1) is 34.0 Å². The first-order chi connectivity index (χ1) is 59.1. The highest BCUT2D eigenvalue weighted by Crippen LogP contribution is 2.57. The second-order valence-corrected chi connectivity index (χ2v) is 34.5. The zero-order chi connectivity index (χ0) is 77.9. The van der Waals surface area contributed by atoms with Crippen LogP contribution in [-0.4, -0.2) is 13.4 Å². The normalized spacial score (nSPS) is 12.9. The van der Waals surface area contributed by atoms with Gasteiger partial charge in [0.15, 0.2) is 0 Å². The number of hydrogen-bond donors (Lipinski definition) is 0. The maximum absolute atomic E-state index is 2.72. The minimum atomic E-state index is -0.285. The monoisotopic (exact) mass is 1570 g/mol. The van der Waals surface area contributed by atoms with Crippen molar-refractivity contribution >= 4 is 243 Å². The molecule has 25 rings (SSSR count). The lowest BCUT2D eigenvalue weighted by molar-refractivity contribution is 1.22. The molecule has 3 aromatic heterocycles. The maximum atomic E-state index is 2.72. The minimum absolute atomic E-state index is 0.242. The molecule has 554 valence electrons. The summed E-state index contributed by atoms with van der Waals surface area (Å²) in [7, 11) is 0. The molecular formula is C108H68B2N6S3. The standard InChI is InChI=1S/C108H68B2N6S3/c1-7-33-69(34-8-1)77-48-29-49-78(70-35-9-2-10-36-70)105(77)112(72-39-13-4-14-40-72)76-65-98-104-99(66-76)116(93-59-32-52-84-81-47-21-28-62-102(81)119-108(84)93)95-68-94-87(67-88(95)110(104)86-54-23-25-56-90(86)115(98)92-58-31-51-83-80-46-20-27-61-101(80)118-107(83)92)109-85-53-22-24-55-89(85)113(73-41-15-5-16-42-73)96-63-75(64-97(103(96)109)114(94)74-43-17-6-18-44-74)111(71-37-11-3-12-38-71)91-57-30-50-82-79-45-19-26-60-100(79)117-106(82)91/h1-68H. The molecule has 119 heavy (non-hydrogen) atoms. The van der Waals surface area contributed by atoms with Gasteiger partial charge in [-0.3, -0.25) is 0 Å². The molecule has 0 saturated heterocycles. The number of benzene rings is 18. The third kappa shape index (κ3) is 10.4. The van der Waals surface area contributed by atoms with Crippen molar-refractivity contribution in [3.63, 3.8) is 0 Å². The van der Waals surface area contributed by atoms with Crippen LogP contribution in [0.2, 0.25) is 0 Å². The summed E-state index contributed by atoms with van der Waals surface area (Å²) in [6.07, 6.45) is 0. The number of hydrogen-bond acceptors (Lipinski definition) is 9. The average Bonchev–Trinajstić information content (AvgIpc) is 1.20. The van der Waals surface area contributed by atoms with Crippen molar-refractivity contribution in [3.05, 3.63) is 413 Å². The highest BCUT2D eigenvalue weighted by atomic mass is 32.1. The van der Waals surface area contributed by atoms with E-state index in [0.29, 0.717) is 0 Å². The molecule has 0 bridgehead atoms. The van der Waals surface area contributed by atoms with Crippen molar-refractivity contribution in [1.29, 1.82) is 0 Å². The Kier molecular flexibility index (Phi) is 15.4. The van der Waals surface area contributed by atoms with E-state index in [0.717, 1.165) is 125 Å². The third-order valence-electron chi connectivity index (χ3n) is 24.9. The number of rotatable bonds is 12. The lowest BCUT2D eigenvalue weighted by Gasteiger charge is -2.48. The molecule has 18 aromatic carbocycles. The second-order valence-electron chi connectivity index (χ2n) is 31.3. The molecule has 6 nitrogen and oxygen atoms in total. The van der Waals surface area contributed by atoms with Crippen LogP contribution in [0.15, 0.2) is 413 Å². The van der Waals surface area contributed by atoms with E-state index in [9.17, 15) is 0 Å². The lowest BCUT2D eigenvalue weighted by Crippen LogP contribution is -2.65. The van der Waals surface area contributed by atoms with Gasteiger partial charge in [0.1, 0.15) is 0 Å². The van der Waals surface area contributed by atoms with Gasteiger partial charge in [-0.2, -0.15) is 0 Å². The van der Waals surface area contributed by atoms with Gasteiger partial charge in [-0.25, -0.2) is 0 Å². The Bertz CT molecular complexity index is 7630. The van der Waals surface area contributed by atoms with Crippen LogP contribution in [0.25, 0.3) is 82.8 Å². The predicted octanol–water partition coefficient (Wildman–Crippen LogP) is 27.2. The van der Waals surface area contributed by atoms with Gasteiger partial charge >= 0.3 is 0 Å². The largest absolute Gasteiger partial charge is 0.311 e. The molecule has 0 saturated carbocycles. The van der Waals surface area contributed by atoms with Crippen molar-refractivity contribution in [2.45, 2.75) is 0 Å². The van der Waals surface area contributed by atoms with Crippen LogP contribution in [-0.2, 0) is 0 Å². The number of nitrogens with zero attached hydrogens (tertiary/aromatic N) is 6. The highest BCUT2D eigenvalue weighted by Gasteiger charge is 2.50. The van der Waals surface area contributed by atoms with Gasteiger partial charge < -0.3 is 29.4 Å². The van der Waals surface area contributed by atoms with E-state index in [-0.39, 0.29) is 13.4 Å². The van der Waals surface area contributed by atoms with E-state index in [4.69, 9.17) is 0 Å². The summed E-state index contributed by atoms with van der Waals surface area (Å²) in [6, 6.07) is 155. The first kappa shape index (κ1) is 67.8. The first-order valence-corrected chi connectivity index (χ1v) is 43.2. The number of fused-ring (bicyclic) bond motifs is 17. The van der Waals surface area contributed by atoms with Crippen LogP contribution in [0, 0.1) is 0 Å². The molecule has 7 heterocycles. The van der Waals surface area contributed by atoms with Gasteiger partial charge in [0, 0.05) is 126 Å². The molecule has 0 aliphatic carbocycles. The molecule has 0 fully saturated rings. The van der Waals surface area contributed by atoms with Gasteiger partial charge in [-0.05, 0) is 171 Å². The van der Waals surface area contributed by atoms with Crippen molar-refractivity contribution in [1.82, 2.24) is 0 Å². The summed E-state index contributed by atoms with van der Waals surface area (Å²) in [6.45, 7) is -0.528. The van der Waals surface area contributed by atoms with Crippen LogP contribution in [0.5, 0.6) is 0 Å². The van der Waals surface area contributed by atoms with E-state index in [2.05, 4.69) is 442 Å². The van der Waals surface area contributed by atoms with Crippen LogP contribution < -0.4 is 62.2 Å². The molecule has 4 aliphatic rings. The molecule has 21 aromatic rings. The van der Waals surface area contributed by atoms with Crippen molar-refractivity contribution in [3.8, 4) is 22.3 Å². The Balaban J connectivity index is 0.828. The summed E-state index contributed by atoms with van der Waals surface area (Å²) < 4.78 is 7.46. The van der Waals surface area contributed by atoms with Crippen molar-refractivity contribution in [2.24, 2.45) is 0 Å². The highest BCUT2D eigenvalue weighted by molar-refractivity contribution is 7.27. The smallest absolute Gasteiger partial charge is 0.252 e. The van der Waals surface area contributed by atoms with E-state index in [1.54, 1.807) is 0 Å². The van der Waals surface area contributed by atoms with Crippen LogP contribution in [0.4, 0.5) is 102 Å². The summed E-state index contributed by atoms with van der Waals surface area (Å²) in [5.74, 6) is 0. The number of anilines is 18. The summed E-state index contributed by atoms with van der Waals surface area (Å²) in [5, 5.41) is 7.48.